The van der Waals surface area contributed by atoms with Gasteiger partial charge in [0, 0.05) is 53.9 Å². The van der Waals surface area contributed by atoms with Gasteiger partial charge in [0.2, 0.25) is 11.8 Å². The highest BCUT2D eigenvalue weighted by Crippen LogP contribution is 2.34. The van der Waals surface area contributed by atoms with E-state index >= 15 is 0 Å². The van der Waals surface area contributed by atoms with Crippen LogP contribution in [0.4, 0.5) is 9.59 Å². The van der Waals surface area contributed by atoms with E-state index in [1.54, 1.807) is 17.3 Å². The summed E-state index contributed by atoms with van der Waals surface area (Å²) in [5, 5.41) is 15.2. The number of rotatable bonds is 17. The molecule has 4 aromatic rings. The van der Waals surface area contributed by atoms with Crippen molar-refractivity contribution in [3.63, 3.8) is 0 Å². The maximum Gasteiger partial charge on any atom is 0.407 e. The number of carbonyl (C=O) groups is 4. The second-order valence-electron chi connectivity index (χ2n) is 14.1. The summed E-state index contributed by atoms with van der Waals surface area (Å²) < 4.78 is 15.0. The first kappa shape index (κ1) is 41.4. The Morgan fingerprint density at radius 2 is 1.43 bits per heavy atom. The van der Waals surface area contributed by atoms with Gasteiger partial charge >= 0.3 is 12.2 Å². The highest BCUT2D eigenvalue weighted by molar-refractivity contribution is 5.86. The summed E-state index contributed by atoms with van der Waals surface area (Å²) in [5.41, 5.74) is 5.51. The van der Waals surface area contributed by atoms with Crippen LogP contribution in [-0.2, 0) is 23.8 Å². The number of aromatic amines is 2. The largest absolute Gasteiger partial charge is 0.465 e. The van der Waals surface area contributed by atoms with Crippen molar-refractivity contribution in [1.82, 2.24) is 40.4 Å². The van der Waals surface area contributed by atoms with E-state index in [4.69, 9.17) is 14.2 Å². The fourth-order valence-corrected chi connectivity index (χ4v) is 6.84. The molecule has 2 aromatic heterocycles. The first-order chi connectivity index (χ1) is 26.9. The number of methoxy groups -OCH3 is 3. The lowest BCUT2D eigenvalue weighted by atomic mass is 10.0. The van der Waals surface area contributed by atoms with Crippen molar-refractivity contribution < 1.29 is 38.5 Å². The lowest BCUT2D eigenvalue weighted by molar-refractivity contribution is -0.137. The maximum absolute atomic E-state index is 13.6. The van der Waals surface area contributed by atoms with E-state index in [2.05, 4.69) is 30.6 Å². The van der Waals surface area contributed by atoms with E-state index in [9.17, 15) is 24.3 Å². The summed E-state index contributed by atoms with van der Waals surface area (Å²) in [5.74, 6) is 0.640. The number of hydrogen-bond acceptors (Lipinski definition) is 9. The molecule has 16 nitrogen and oxygen atoms in total. The molecular weight excluding hydrogens is 720 g/mol. The fraction of sp³-hybridized carbons (Fsp3) is 0.450. The van der Waals surface area contributed by atoms with Crippen LogP contribution in [0.3, 0.4) is 0 Å². The summed E-state index contributed by atoms with van der Waals surface area (Å²) in [6.45, 7) is 5.03. The molecule has 4 atom stereocenters. The Morgan fingerprint density at radius 3 is 2.00 bits per heavy atom. The van der Waals surface area contributed by atoms with Gasteiger partial charge in [-0.25, -0.2) is 19.6 Å². The van der Waals surface area contributed by atoms with Crippen LogP contribution in [0.25, 0.3) is 33.6 Å². The van der Waals surface area contributed by atoms with Crippen molar-refractivity contribution in [2.45, 2.75) is 63.7 Å². The minimum absolute atomic E-state index is 0.00354. The average molecular weight is 773 g/mol. The number of carboxylic acid groups (broad SMARTS) is 1. The summed E-state index contributed by atoms with van der Waals surface area (Å²) in [6, 6.07) is 13.8. The van der Waals surface area contributed by atoms with Gasteiger partial charge in [-0.05, 0) is 41.0 Å². The van der Waals surface area contributed by atoms with Crippen LogP contribution in [0.2, 0.25) is 0 Å². The van der Waals surface area contributed by atoms with Gasteiger partial charge in [0.15, 0.2) is 0 Å². The van der Waals surface area contributed by atoms with E-state index in [1.807, 2.05) is 62.4 Å². The number of nitrogens with one attached hydrogen (secondary N) is 4. The summed E-state index contributed by atoms with van der Waals surface area (Å²) in [6.07, 6.45) is 3.70. The average Bonchev–Trinajstić information content (AvgIpc) is 4.00. The van der Waals surface area contributed by atoms with Gasteiger partial charge in [-0.15, -0.1) is 0 Å². The van der Waals surface area contributed by atoms with Crippen molar-refractivity contribution >= 4 is 24.0 Å². The van der Waals surface area contributed by atoms with Crippen molar-refractivity contribution in [3.8, 4) is 33.6 Å². The molecule has 1 unspecified atom stereocenters. The molecule has 1 saturated heterocycles. The zero-order valence-electron chi connectivity index (χ0n) is 32.7. The number of imidazole rings is 2. The molecule has 16 heteroatoms. The Morgan fingerprint density at radius 1 is 0.857 bits per heavy atom. The molecule has 1 aliphatic heterocycles. The third-order valence-electron chi connectivity index (χ3n) is 10.1. The standard InChI is InChI=1S/C40H52N8O8/c1-24(2)34(46-37(49)29(17-20-54-4)45-39(51)56-6)36-42-23-31(44-36)28-15-11-26(12-16-28)25-9-13-27(14-10-25)30-22-41-35(43-30)32-8-7-19-48(32)38(50)33(18-21-55-5)47(3)40(52)53/h9-16,22-24,29,32-34H,7-8,17-21H2,1-6H3,(H,41,43)(H,42,44)(H,45,51)(H,46,49)(H,52,53)/t29-,32-,33?,34-/m0/s1. The molecule has 5 N–H and O–H groups in total. The minimum Gasteiger partial charge on any atom is -0.465 e. The second kappa shape index (κ2) is 19.2. The lowest BCUT2D eigenvalue weighted by Crippen LogP contribution is -2.49. The zero-order valence-corrected chi connectivity index (χ0v) is 32.7. The smallest absolute Gasteiger partial charge is 0.407 e. The zero-order chi connectivity index (χ0) is 40.4. The van der Waals surface area contributed by atoms with E-state index in [0.717, 1.165) is 51.4 Å². The maximum atomic E-state index is 13.6. The van der Waals surface area contributed by atoms with E-state index in [-0.39, 0.29) is 49.8 Å². The number of benzene rings is 2. The second-order valence-corrected chi connectivity index (χ2v) is 14.1. The molecule has 0 aliphatic carbocycles. The van der Waals surface area contributed by atoms with Crippen molar-refractivity contribution in [3.05, 3.63) is 72.6 Å². The molecule has 4 amide bonds. The fourth-order valence-electron chi connectivity index (χ4n) is 6.84. The number of alkyl carbamates (subject to hydrolysis) is 1. The number of carbonyl (C=O) groups excluding carboxylic acids is 3. The minimum atomic E-state index is -1.16. The van der Waals surface area contributed by atoms with Gasteiger partial charge in [-0.2, -0.15) is 0 Å². The third-order valence-corrected chi connectivity index (χ3v) is 10.1. The molecule has 300 valence electrons. The number of likely N-dealkylation sites (N-methyl/N-ethyl adjacent to an activating group) is 1. The van der Waals surface area contributed by atoms with Crippen molar-refractivity contribution in [2.24, 2.45) is 5.92 Å². The number of nitrogens with zero attached hydrogens (tertiary/aromatic N) is 4. The van der Waals surface area contributed by atoms with Gasteiger partial charge in [0.25, 0.3) is 0 Å². The Labute approximate surface area is 326 Å². The highest BCUT2D eigenvalue weighted by Gasteiger charge is 2.38. The van der Waals surface area contributed by atoms with Gasteiger partial charge in [-0.3, -0.25) is 14.5 Å². The third kappa shape index (κ3) is 9.92. The van der Waals surface area contributed by atoms with Crippen molar-refractivity contribution in [1.29, 1.82) is 0 Å². The number of ether oxygens (including phenoxy) is 3. The Hall–Kier alpha value is -5.74. The molecule has 2 aromatic carbocycles. The molecule has 0 saturated carbocycles. The highest BCUT2D eigenvalue weighted by atomic mass is 16.5. The molecule has 5 rings (SSSR count). The van der Waals surface area contributed by atoms with Gasteiger partial charge in [0.05, 0.1) is 43.0 Å². The number of H-pyrrole nitrogens is 2. The quantitative estimate of drug-likeness (QED) is 0.0926. The molecule has 0 radical (unpaired) electrons. The Bertz CT molecular complexity index is 1930. The molecular formula is C40H52N8O8. The van der Waals surface area contributed by atoms with Crippen LogP contribution in [0.15, 0.2) is 60.9 Å². The van der Waals surface area contributed by atoms with Crippen molar-refractivity contribution in [2.75, 3.05) is 48.1 Å². The SMILES string of the molecule is COCCC(C(=O)N1CCC[C@H]1c1ncc(-c2ccc(-c3ccc(-c4cnc([C@@H](NC(=O)[C@H](CCOC)NC(=O)OC)C(C)C)[nH]4)cc3)cc2)[nH]1)N(C)C(=O)O. The van der Waals surface area contributed by atoms with Gasteiger partial charge in [-0.1, -0.05) is 62.4 Å². The molecule has 56 heavy (non-hydrogen) atoms. The first-order valence-corrected chi connectivity index (χ1v) is 18.7. The number of aromatic nitrogens is 4. The Kier molecular flexibility index (Phi) is 14.2. The molecule has 3 heterocycles. The van der Waals surface area contributed by atoms with Crippen LogP contribution in [0.1, 0.15) is 63.3 Å². The molecule has 1 fully saturated rings. The summed E-state index contributed by atoms with van der Waals surface area (Å²) in [4.78, 5) is 69.2. The number of amides is 4. The van der Waals surface area contributed by atoms with Crippen LogP contribution >= 0.6 is 0 Å². The van der Waals surface area contributed by atoms with Crippen LogP contribution < -0.4 is 10.6 Å². The van der Waals surface area contributed by atoms with Gasteiger partial charge in [0.1, 0.15) is 23.7 Å². The predicted octanol–water partition coefficient (Wildman–Crippen LogP) is 5.39. The van der Waals surface area contributed by atoms with Crippen LogP contribution in [-0.4, -0.2) is 119 Å². The monoisotopic (exact) mass is 772 g/mol. The van der Waals surface area contributed by atoms with Crippen LogP contribution in [0.5, 0.6) is 0 Å². The molecule has 1 aliphatic rings. The van der Waals surface area contributed by atoms with E-state index < -0.39 is 30.3 Å². The molecule has 0 bridgehead atoms. The molecule has 0 spiro atoms. The topological polar surface area (TPSA) is 204 Å². The van der Waals surface area contributed by atoms with E-state index in [0.29, 0.717) is 18.2 Å². The lowest BCUT2D eigenvalue weighted by Gasteiger charge is -2.31. The summed E-state index contributed by atoms with van der Waals surface area (Å²) in [7, 11) is 5.71. The first-order valence-electron chi connectivity index (χ1n) is 18.7. The van der Waals surface area contributed by atoms with E-state index in [1.165, 1.54) is 28.4 Å². The normalized spacial score (nSPS) is 15.6. The van der Waals surface area contributed by atoms with Gasteiger partial charge < -0.3 is 44.8 Å². The number of likely N-dealkylation sites (tertiary alicyclic amines) is 1. The Balaban J connectivity index is 1.24. The predicted molar refractivity (Wildman–Crippen MR) is 208 cm³/mol. The van der Waals surface area contributed by atoms with Crippen LogP contribution in [0, 0.1) is 5.92 Å². The summed E-state index contributed by atoms with van der Waals surface area (Å²) >= 11 is 0. The number of hydrogen-bond donors (Lipinski definition) is 5.